The number of aliphatic hydroxyl groups excluding tert-OH is 1. The predicted octanol–water partition coefficient (Wildman–Crippen LogP) is 2.63. The second-order valence-electron chi connectivity index (χ2n) is 4.88. The topological polar surface area (TPSA) is 20.2 Å². The first-order chi connectivity index (χ1) is 5.00. The molecule has 0 amide bonds. The van der Waals surface area contributed by atoms with Gasteiger partial charge in [-0.1, -0.05) is 32.5 Å². The zero-order valence-corrected chi connectivity index (χ0v) is 8.93. The fourth-order valence-corrected chi connectivity index (χ4v) is 4.00. The molecule has 1 fully saturated rings. The van der Waals surface area contributed by atoms with Crippen LogP contribution >= 0.6 is 0 Å². The fourth-order valence-electron chi connectivity index (χ4n) is 1.95. The maximum atomic E-state index is 9.47. The van der Waals surface area contributed by atoms with Crippen molar-refractivity contribution < 1.29 is 5.11 Å². The molecule has 0 heterocycles. The molecular weight excluding hydrogens is 152 g/mol. The Balaban J connectivity index is 2.46. The molecule has 1 nitrogen and oxygen atoms in total. The van der Waals surface area contributed by atoms with Gasteiger partial charge in [0.15, 0.2) is 0 Å². The molecule has 0 bridgehead atoms. The van der Waals surface area contributed by atoms with E-state index in [-0.39, 0.29) is 6.10 Å². The van der Waals surface area contributed by atoms with Crippen LogP contribution in [0.4, 0.5) is 0 Å². The maximum Gasteiger partial charge on any atom is 0.0540 e. The molecule has 1 aliphatic carbocycles. The van der Waals surface area contributed by atoms with Gasteiger partial charge in [0.2, 0.25) is 0 Å². The van der Waals surface area contributed by atoms with Crippen molar-refractivity contribution in [2.24, 2.45) is 0 Å². The van der Waals surface area contributed by atoms with Crippen LogP contribution in [0.3, 0.4) is 0 Å². The first-order valence-corrected chi connectivity index (χ1v) is 8.26. The summed E-state index contributed by atoms with van der Waals surface area (Å²) in [5.74, 6) is 0. The smallest absolute Gasteiger partial charge is 0.0540 e. The number of rotatable bonds is 1. The minimum atomic E-state index is -0.958. The summed E-state index contributed by atoms with van der Waals surface area (Å²) >= 11 is 0. The lowest BCUT2D eigenvalue weighted by Gasteiger charge is -2.34. The summed E-state index contributed by atoms with van der Waals surface area (Å²) in [4.78, 5) is 0. The third kappa shape index (κ3) is 2.60. The SMILES string of the molecule is C[Si](C)(C)[C@@H]1CCC[C@@H](O)C1. The van der Waals surface area contributed by atoms with Gasteiger partial charge in [-0.15, -0.1) is 0 Å². The molecule has 0 aliphatic heterocycles. The highest BCUT2D eigenvalue weighted by molar-refractivity contribution is 6.77. The molecule has 0 saturated heterocycles. The van der Waals surface area contributed by atoms with Gasteiger partial charge in [0.25, 0.3) is 0 Å². The van der Waals surface area contributed by atoms with Crippen LogP contribution < -0.4 is 0 Å². The Hall–Kier alpha value is 0.177. The minimum Gasteiger partial charge on any atom is -0.393 e. The number of hydrogen-bond donors (Lipinski definition) is 1. The summed E-state index contributed by atoms with van der Waals surface area (Å²) in [6, 6.07) is 0. The normalized spacial score (nSPS) is 33.8. The van der Waals surface area contributed by atoms with Crippen LogP contribution in [0.5, 0.6) is 0 Å². The lowest BCUT2D eigenvalue weighted by molar-refractivity contribution is 0.129. The molecule has 1 aliphatic rings. The zero-order chi connectivity index (χ0) is 8.48. The Kier molecular flexibility index (Phi) is 2.76. The van der Waals surface area contributed by atoms with E-state index in [0.717, 1.165) is 18.4 Å². The molecule has 0 radical (unpaired) electrons. The first kappa shape index (κ1) is 9.27. The second-order valence-corrected chi connectivity index (χ2v) is 10.4. The lowest BCUT2D eigenvalue weighted by atomic mass is 9.97. The summed E-state index contributed by atoms with van der Waals surface area (Å²) < 4.78 is 0. The van der Waals surface area contributed by atoms with Crippen molar-refractivity contribution in [3.05, 3.63) is 0 Å². The molecule has 0 aromatic heterocycles. The van der Waals surface area contributed by atoms with Crippen LogP contribution in [0.15, 0.2) is 0 Å². The molecule has 1 saturated carbocycles. The summed E-state index contributed by atoms with van der Waals surface area (Å²) in [5, 5.41) is 9.47. The standard InChI is InChI=1S/C9H20OSi/c1-11(2,3)9-6-4-5-8(10)7-9/h8-10H,4-7H2,1-3H3/t8-,9-/m1/s1. The summed E-state index contributed by atoms with van der Waals surface area (Å²) in [5.41, 5.74) is 0.867. The Morgan fingerprint density at radius 3 is 2.18 bits per heavy atom. The Morgan fingerprint density at radius 2 is 1.82 bits per heavy atom. The van der Waals surface area contributed by atoms with E-state index in [1.165, 1.54) is 12.8 Å². The van der Waals surface area contributed by atoms with E-state index < -0.39 is 8.07 Å². The lowest BCUT2D eigenvalue weighted by Crippen LogP contribution is -2.33. The minimum absolute atomic E-state index is 0.0143. The van der Waals surface area contributed by atoms with Gasteiger partial charge >= 0.3 is 0 Å². The average Bonchev–Trinajstić information content (AvgIpc) is 1.86. The largest absolute Gasteiger partial charge is 0.393 e. The molecule has 2 heteroatoms. The van der Waals surface area contributed by atoms with Crippen molar-refractivity contribution in [1.29, 1.82) is 0 Å². The monoisotopic (exact) mass is 172 g/mol. The second kappa shape index (κ2) is 3.28. The van der Waals surface area contributed by atoms with E-state index >= 15 is 0 Å². The fraction of sp³-hybridized carbons (Fsp3) is 1.00. The quantitative estimate of drug-likeness (QED) is 0.603. The van der Waals surface area contributed by atoms with Crippen molar-refractivity contribution in [2.45, 2.75) is 57.0 Å². The summed E-state index contributed by atoms with van der Waals surface area (Å²) in [6.07, 6.45) is 4.75. The van der Waals surface area contributed by atoms with Gasteiger partial charge in [-0.3, -0.25) is 0 Å². The van der Waals surface area contributed by atoms with Gasteiger partial charge in [-0.25, -0.2) is 0 Å². The van der Waals surface area contributed by atoms with Gasteiger partial charge in [-0.05, 0) is 18.4 Å². The molecule has 0 unspecified atom stereocenters. The van der Waals surface area contributed by atoms with E-state index in [1.807, 2.05) is 0 Å². The highest BCUT2D eigenvalue weighted by Crippen LogP contribution is 2.36. The molecule has 1 N–H and O–H groups in total. The van der Waals surface area contributed by atoms with E-state index in [4.69, 9.17) is 0 Å². The number of aliphatic hydroxyl groups is 1. The molecule has 0 aromatic rings. The van der Waals surface area contributed by atoms with E-state index in [1.54, 1.807) is 0 Å². The summed E-state index contributed by atoms with van der Waals surface area (Å²) in [6.45, 7) is 7.24. The van der Waals surface area contributed by atoms with Crippen molar-refractivity contribution in [1.82, 2.24) is 0 Å². The highest BCUT2D eigenvalue weighted by Gasteiger charge is 2.30. The average molecular weight is 172 g/mol. The Bertz CT molecular complexity index is 128. The zero-order valence-electron chi connectivity index (χ0n) is 7.93. The maximum absolute atomic E-state index is 9.47. The van der Waals surface area contributed by atoms with Crippen molar-refractivity contribution in [3.63, 3.8) is 0 Å². The van der Waals surface area contributed by atoms with E-state index in [0.29, 0.717) is 0 Å². The van der Waals surface area contributed by atoms with Crippen LogP contribution in [0.1, 0.15) is 25.7 Å². The number of hydrogen-bond acceptors (Lipinski definition) is 1. The third-order valence-corrected chi connectivity index (χ3v) is 5.85. The molecule has 66 valence electrons. The van der Waals surface area contributed by atoms with E-state index in [2.05, 4.69) is 19.6 Å². The van der Waals surface area contributed by atoms with Crippen molar-refractivity contribution in [3.8, 4) is 0 Å². The predicted molar refractivity (Wildman–Crippen MR) is 51.6 cm³/mol. The molecule has 2 atom stereocenters. The summed E-state index contributed by atoms with van der Waals surface area (Å²) in [7, 11) is -0.958. The van der Waals surface area contributed by atoms with E-state index in [9.17, 15) is 5.11 Å². The molecule has 0 spiro atoms. The van der Waals surface area contributed by atoms with Gasteiger partial charge in [0, 0.05) is 8.07 Å². The molecule has 11 heavy (non-hydrogen) atoms. The molecule has 1 rings (SSSR count). The van der Waals surface area contributed by atoms with Crippen LogP contribution in [0.2, 0.25) is 25.2 Å². The van der Waals surface area contributed by atoms with Crippen molar-refractivity contribution in [2.75, 3.05) is 0 Å². The van der Waals surface area contributed by atoms with Gasteiger partial charge in [-0.2, -0.15) is 0 Å². The Labute approximate surface area is 70.8 Å². The first-order valence-electron chi connectivity index (χ1n) is 4.68. The van der Waals surface area contributed by atoms with Gasteiger partial charge in [0.05, 0.1) is 6.10 Å². The highest BCUT2D eigenvalue weighted by atomic mass is 28.3. The van der Waals surface area contributed by atoms with Crippen LogP contribution in [-0.2, 0) is 0 Å². The van der Waals surface area contributed by atoms with Crippen LogP contribution in [-0.4, -0.2) is 19.3 Å². The third-order valence-electron chi connectivity index (χ3n) is 2.87. The molecular formula is C9H20OSi. The van der Waals surface area contributed by atoms with Crippen molar-refractivity contribution >= 4 is 8.07 Å². The molecule has 0 aromatic carbocycles. The van der Waals surface area contributed by atoms with Crippen LogP contribution in [0, 0.1) is 0 Å². The van der Waals surface area contributed by atoms with Crippen LogP contribution in [0.25, 0.3) is 0 Å². The van der Waals surface area contributed by atoms with Gasteiger partial charge in [0.1, 0.15) is 0 Å². The van der Waals surface area contributed by atoms with Gasteiger partial charge < -0.3 is 5.11 Å². The Morgan fingerprint density at radius 1 is 1.18 bits per heavy atom.